The number of rotatable bonds is 4. The third kappa shape index (κ3) is 3.45. The van der Waals surface area contributed by atoms with Gasteiger partial charge in [0.15, 0.2) is 0 Å². The van der Waals surface area contributed by atoms with Crippen molar-refractivity contribution in [3.63, 3.8) is 0 Å². The lowest BCUT2D eigenvalue weighted by atomic mass is 10.1. The molecule has 0 bridgehead atoms. The monoisotopic (exact) mass is 406 g/mol. The van der Waals surface area contributed by atoms with Gasteiger partial charge >= 0.3 is 0 Å². The molecule has 1 aliphatic rings. The van der Waals surface area contributed by atoms with Gasteiger partial charge in [-0.05, 0) is 48.5 Å². The Morgan fingerprint density at radius 2 is 1.76 bits per heavy atom. The number of carbonyl (C=O) groups excluding carboxylic acids is 2. The second-order valence-corrected chi connectivity index (χ2v) is 7.27. The van der Waals surface area contributed by atoms with Gasteiger partial charge in [0.05, 0.1) is 21.1 Å². The van der Waals surface area contributed by atoms with Crippen molar-refractivity contribution in [2.24, 2.45) is 0 Å². The van der Waals surface area contributed by atoms with Crippen molar-refractivity contribution in [3.8, 4) is 11.3 Å². The summed E-state index contributed by atoms with van der Waals surface area (Å²) in [5.74, 6) is 0.202. The van der Waals surface area contributed by atoms with Crippen LogP contribution in [0.5, 0.6) is 0 Å². The van der Waals surface area contributed by atoms with Crippen molar-refractivity contribution in [2.75, 3.05) is 4.90 Å². The molecule has 0 spiro atoms. The van der Waals surface area contributed by atoms with Crippen LogP contribution < -0.4 is 4.90 Å². The maximum Gasteiger partial charge on any atom is 0.298 e. The van der Waals surface area contributed by atoms with E-state index in [0.29, 0.717) is 22.8 Å². The molecule has 144 valence electrons. The average molecular weight is 406 g/mol. The fourth-order valence-electron chi connectivity index (χ4n) is 3.04. The van der Waals surface area contributed by atoms with E-state index in [9.17, 15) is 19.7 Å². The first kappa shape index (κ1) is 18.7. The molecule has 1 aromatic heterocycles. The van der Waals surface area contributed by atoms with E-state index in [1.165, 1.54) is 12.1 Å². The smallest absolute Gasteiger partial charge is 0.298 e. The zero-order valence-corrected chi connectivity index (χ0v) is 16.0. The van der Waals surface area contributed by atoms with E-state index in [2.05, 4.69) is 0 Å². The Labute approximate surface area is 169 Å². The number of hydrogen-bond acceptors (Lipinski definition) is 6. The van der Waals surface area contributed by atoms with E-state index in [1.807, 2.05) is 19.1 Å². The van der Waals surface area contributed by atoms with Crippen LogP contribution in [0.15, 0.2) is 70.0 Å². The Hall–Kier alpha value is -3.65. The molecule has 29 heavy (non-hydrogen) atoms. The molecule has 7 nitrogen and oxygen atoms in total. The van der Waals surface area contributed by atoms with E-state index in [-0.39, 0.29) is 15.8 Å². The molecule has 1 fully saturated rings. The standard InChI is InChI=1S/C21H14N2O5S/c1-13-6-2-4-8-16(13)22-20(24)19(29-21(22)25)12-14-10-11-18(28-14)15-7-3-5-9-17(15)23(26)27/h2-12H,1H3/b19-12-. The zero-order valence-electron chi connectivity index (χ0n) is 15.2. The summed E-state index contributed by atoms with van der Waals surface area (Å²) in [5.41, 5.74) is 1.62. The van der Waals surface area contributed by atoms with Crippen LogP contribution in [-0.2, 0) is 4.79 Å². The number of nitrogens with zero attached hydrogens (tertiary/aromatic N) is 2. The Bertz CT molecular complexity index is 1180. The number of nitro benzene ring substituents is 1. The second-order valence-electron chi connectivity index (χ2n) is 6.28. The van der Waals surface area contributed by atoms with Crippen molar-refractivity contribution < 1.29 is 18.9 Å². The first-order valence-electron chi connectivity index (χ1n) is 8.63. The van der Waals surface area contributed by atoms with Crippen LogP contribution in [0, 0.1) is 17.0 Å². The number of benzene rings is 2. The summed E-state index contributed by atoms with van der Waals surface area (Å²) in [6.45, 7) is 1.83. The number of furan rings is 1. The highest BCUT2D eigenvalue weighted by atomic mass is 32.2. The third-order valence-electron chi connectivity index (χ3n) is 4.42. The van der Waals surface area contributed by atoms with Crippen molar-refractivity contribution in [3.05, 3.63) is 87.0 Å². The minimum absolute atomic E-state index is 0.0757. The fraction of sp³-hybridized carbons (Fsp3) is 0.0476. The maximum atomic E-state index is 12.8. The summed E-state index contributed by atoms with van der Waals surface area (Å²) < 4.78 is 5.69. The van der Waals surface area contributed by atoms with Gasteiger partial charge in [-0.15, -0.1) is 0 Å². The first-order chi connectivity index (χ1) is 14.0. The molecule has 0 unspecified atom stereocenters. The average Bonchev–Trinajstić information content (AvgIpc) is 3.27. The number of para-hydroxylation sites is 2. The maximum absolute atomic E-state index is 12.8. The Morgan fingerprint density at radius 3 is 2.52 bits per heavy atom. The third-order valence-corrected chi connectivity index (χ3v) is 5.29. The number of amides is 2. The summed E-state index contributed by atoms with van der Waals surface area (Å²) in [4.78, 5) is 37.3. The summed E-state index contributed by atoms with van der Waals surface area (Å²) >= 11 is 0.824. The van der Waals surface area contributed by atoms with Crippen LogP contribution in [0.2, 0.25) is 0 Å². The molecule has 2 aromatic carbocycles. The minimum Gasteiger partial charge on any atom is -0.456 e. The van der Waals surface area contributed by atoms with Crippen LogP contribution in [0.1, 0.15) is 11.3 Å². The van der Waals surface area contributed by atoms with Crippen molar-refractivity contribution in [1.82, 2.24) is 0 Å². The lowest BCUT2D eigenvalue weighted by molar-refractivity contribution is -0.384. The Kier molecular flexibility index (Phi) is 4.77. The van der Waals surface area contributed by atoms with Crippen LogP contribution in [0.25, 0.3) is 17.4 Å². The predicted octanol–water partition coefficient (Wildman–Crippen LogP) is 5.40. The molecule has 1 saturated heterocycles. The highest BCUT2D eigenvalue weighted by Crippen LogP contribution is 2.38. The van der Waals surface area contributed by atoms with Gasteiger partial charge in [0, 0.05) is 12.1 Å². The molecule has 3 aromatic rings. The molecule has 0 aliphatic carbocycles. The van der Waals surface area contributed by atoms with Crippen LogP contribution in [0.3, 0.4) is 0 Å². The number of thioether (sulfide) groups is 1. The van der Waals surface area contributed by atoms with Crippen molar-refractivity contribution in [1.29, 1.82) is 0 Å². The van der Waals surface area contributed by atoms with E-state index in [1.54, 1.807) is 42.5 Å². The Balaban J connectivity index is 1.65. The summed E-state index contributed by atoms with van der Waals surface area (Å²) in [5, 5.41) is 10.8. The number of hydrogen-bond donors (Lipinski definition) is 0. The molecule has 1 aliphatic heterocycles. The molecule has 0 atom stereocenters. The topological polar surface area (TPSA) is 93.7 Å². The molecule has 0 saturated carbocycles. The molecule has 0 radical (unpaired) electrons. The normalized spacial score (nSPS) is 15.3. The number of anilines is 1. The second kappa shape index (κ2) is 7.40. The van der Waals surface area contributed by atoms with E-state index in [0.717, 1.165) is 22.2 Å². The highest BCUT2D eigenvalue weighted by Gasteiger charge is 2.37. The lowest BCUT2D eigenvalue weighted by Gasteiger charge is -2.14. The van der Waals surface area contributed by atoms with Crippen LogP contribution >= 0.6 is 11.8 Å². The minimum atomic E-state index is -0.481. The van der Waals surface area contributed by atoms with Crippen LogP contribution in [0.4, 0.5) is 16.2 Å². The number of aryl methyl sites for hydroxylation is 1. The molecule has 2 heterocycles. The first-order valence-corrected chi connectivity index (χ1v) is 9.44. The molecular weight excluding hydrogens is 392 g/mol. The summed E-state index contributed by atoms with van der Waals surface area (Å²) in [7, 11) is 0. The van der Waals surface area contributed by atoms with Crippen molar-refractivity contribution >= 4 is 40.4 Å². The van der Waals surface area contributed by atoms with Gasteiger partial charge < -0.3 is 4.42 Å². The van der Waals surface area contributed by atoms with Gasteiger partial charge in [0.1, 0.15) is 11.5 Å². The number of nitro groups is 1. The van der Waals surface area contributed by atoms with Crippen LogP contribution in [-0.4, -0.2) is 16.1 Å². The predicted molar refractivity (Wildman–Crippen MR) is 110 cm³/mol. The van der Waals surface area contributed by atoms with Crippen molar-refractivity contribution in [2.45, 2.75) is 6.92 Å². The number of carbonyl (C=O) groups is 2. The van der Waals surface area contributed by atoms with Gasteiger partial charge in [0.25, 0.3) is 16.8 Å². The number of imide groups is 1. The van der Waals surface area contributed by atoms with E-state index < -0.39 is 10.8 Å². The summed E-state index contributed by atoms with van der Waals surface area (Å²) in [6.07, 6.45) is 1.47. The van der Waals surface area contributed by atoms with Gasteiger partial charge in [-0.1, -0.05) is 30.3 Å². The largest absolute Gasteiger partial charge is 0.456 e. The summed E-state index contributed by atoms with van der Waals surface area (Å²) in [6, 6.07) is 16.6. The molecular formula is C21H14N2O5S. The van der Waals surface area contributed by atoms with Gasteiger partial charge in [-0.2, -0.15) is 0 Å². The van der Waals surface area contributed by atoms with E-state index in [4.69, 9.17) is 4.42 Å². The Morgan fingerprint density at radius 1 is 1.03 bits per heavy atom. The highest BCUT2D eigenvalue weighted by molar-refractivity contribution is 8.19. The molecule has 4 rings (SSSR count). The molecule has 8 heteroatoms. The molecule has 2 amide bonds. The van der Waals surface area contributed by atoms with E-state index >= 15 is 0 Å². The van der Waals surface area contributed by atoms with Gasteiger partial charge in [-0.25, -0.2) is 4.90 Å². The fourth-order valence-corrected chi connectivity index (χ4v) is 3.85. The quantitative estimate of drug-likeness (QED) is 0.327. The lowest BCUT2D eigenvalue weighted by Crippen LogP contribution is -2.28. The SMILES string of the molecule is Cc1ccccc1N1C(=O)S/C(=C\c2ccc(-c3ccccc3[N+](=O)[O-])o2)C1=O. The van der Waals surface area contributed by atoms with Gasteiger partial charge in [-0.3, -0.25) is 19.7 Å². The van der Waals surface area contributed by atoms with Gasteiger partial charge in [0.2, 0.25) is 0 Å². The zero-order chi connectivity index (χ0) is 20.5. The molecule has 0 N–H and O–H groups in total.